The molecule has 9 rings (SSSR count). The van der Waals surface area contributed by atoms with Crippen LogP contribution in [0.4, 0.5) is 15.9 Å². The minimum atomic E-state index is -1.53. The van der Waals surface area contributed by atoms with Crippen LogP contribution in [0.1, 0.15) is 47.2 Å². The molecule has 4 amide bonds. The second-order valence-electron chi connectivity index (χ2n) is 14.9. The molecule has 4 aliphatic rings. The van der Waals surface area contributed by atoms with Gasteiger partial charge in [0, 0.05) is 34.3 Å². The molecule has 1 saturated carbocycles. The maximum atomic E-state index is 15.2. The molecular formula is C41H32ClFN4O7S. The summed E-state index contributed by atoms with van der Waals surface area (Å²) in [6.45, 7) is 3.61. The summed E-state index contributed by atoms with van der Waals surface area (Å²) in [5, 5.41) is 27.1. The van der Waals surface area contributed by atoms with Crippen LogP contribution in [-0.2, 0) is 26.2 Å². The van der Waals surface area contributed by atoms with E-state index in [0.717, 1.165) is 36.4 Å². The fraction of sp³-hybridized carbons (Fsp3) is 0.268. The number of phenolic OH excluding ortho intramolecular Hbond substituents is 1. The van der Waals surface area contributed by atoms with Gasteiger partial charge in [0.2, 0.25) is 23.6 Å². The number of para-hydroxylation sites is 1. The third-order valence-electron chi connectivity index (χ3n) is 12.2. The van der Waals surface area contributed by atoms with E-state index in [-0.39, 0.29) is 35.5 Å². The van der Waals surface area contributed by atoms with Gasteiger partial charge >= 0.3 is 5.97 Å². The van der Waals surface area contributed by atoms with Crippen LogP contribution in [-0.4, -0.2) is 49.6 Å². The number of fused-ring (bicyclic) bond motifs is 5. The average molecular weight is 779 g/mol. The Hall–Kier alpha value is -5.66. The van der Waals surface area contributed by atoms with Crippen molar-refractivity contribution in [3.63, 3.8) is 0 Å². The second kappa shape index (κ2) is 12.2. The van der Waals surface area contributed by atoms with Crippen LogP contribution in [0, 0.1) is 41.8 Å². The van der Waals surface area contributed by atoms with Gasteiger partial charge in [-0.15, -0.1) is 11.3 Å². The number of imide groups is 2. The van der Waals surface area contributed by atoms with Gasteiger partial charge in [0.1, 0.15) is 11.5 Å². The van der Waals surface area contributed by atoms with Crippen molar-refractivity contribution in [2.45, 2.75) is 32.6 Å². The molecule has 278 valence electrons. The van der Waals surface area contributed by atoms with Crippen molar-refractivity contribution in [3.05, 3.63) is 106 Å². The van der Waals surface area contributed by atoms with Crippen LogP contribution < -0.4 is 9.80 Å². The number of phenols is 1. The Morgan fingerprint density at radius 1 is 0.982 bits per heavy atom. The van der Waals surface area contributed by atoms with Crippen molar-refractivity contribution in [2.75, 3.05) is 9.80 Å². The van der Waals surface area contributed by atoms with Gasteiger partial charge in [-0.2, -0.15) is 5.10 Å². The number of nitrogens with zero attached hydrogens (tertiary/aromatic N) is 4. The number of halogens is 2. The molecule has 0 spiro atoms. The molecule has 2 aromatic heterocycles. The lowest BCUT2D eigenvalue weighted by Crippen LogP contribution is -2.49. The van der Waals surface area contributed by atoms with E-state index in [2.05, 4.69) is 0 Å². The lowest BCUT2D eigenvalue weighted by molar-refractivity contribution is -0.131. The topological polar surface area (TPSA) is 150 Å². The number of rotatable bonds is 5. The van der Waals surface area contributed by atoms with Crippen LogP contribution in [0.15, 0.2) is 78.4 Å². The monoisotopic (exact) mass is 778 g/mol. The van der Waals surface area contributed by atoms with Crippen molar-refractivity contribution in [1.29, 1.82) is 0 Å². The van der Waals surface area contributed by atoms with Crippen LogP contribution in [0.5, 0.6) is 5.75 Å². The molecule has 3 aromatic carbocycles. The number of allylic oxidation sites excluding steroid dienone is 2. The number of hydrogen-bond donors (Lipinski definition) is 2. The third-order valence-corrected chi connectivity index (χ3v) is 13.7. The number of benzene rings is 3. The largest absolute Gasteiger partial charge is 0.505 e. The molecule has 2 aliphatic carbocycles. The molecule has 11 nitrogen and oxygen atoms in total. The zero-order chi connectivity index (χ0) is 38.8. The summed E-state index contributed by atoms with van der Waals surface area (Å²) in [6, 6.07) is 16.9. The molecule has 3 fully saturated rings. The molecule has 2 aliphatic heterocycles. The fourth-order valence-electron chi connectivity index (χ4n) is 9.59. The van der Waals surface area contributed by atoms with E-state index in [0.29, 0.717) is 16.3 Å². The predicted octanol–water partition coefficient (Wildman–Crippen LogP) is 7.24. The first-order chi connectivity index (χ1) is 26.2. The fourth-order valence-corrected chi connectivity index (χ4v) is 10.9. The standard InChI is InChI=1S/C41H32ClFN4O7S/c1-18-25-15-20(42)10-13-30(25)55-35(18)29-17-31(45(3)44-29)47-37(50)27-16-26-22(33(41(27,2)40(47)54)24-8-5-9-28(43)34(24)48)11-12-23-32(26)38(51)46(36(23)49)21-7-4-6-19(14-21)39(52)53/h4-11,13-15,17,23,26-27,32-33,48H,12,16H2,1-3H3,(H,52,53)/t23-,26+,27-,32-,33+,41+/m0/s1. The number of carboxylic acid groups (broad SMARTS) is 1. The van der Waals surface area contributed by atoms with Crippen molar-refractivity contribution in [3.8, 4) is 16.3 Å². The number of carboxylic acids is 1. The van der Waals surface area contributed by atoms with Gasteiger partial charge in [-0.25, -0.2) is 14.1 Å². The van der Waals surface area contributed by atoms with E-state index in [1.54, 1.807) is 26.1 Å². The predicted molar refractivity (Wildman–Crippen MR) is 202 cm³/mol. The highest BCUT2D eigenvalue weighted by Crippen LogP contribution is 2.64. The van der Waals surface area contributed by atoms with Crippen LogP contribution in [0.2, 0.25) is 5.02 Å². The molecule has 0 unspecified atom stereocenters. The van der Waals surface area contributed by atoms with Crippen molar-refractivity contribution in [2.24, 2.45) is 36.1 Å². The van der Waals surface area contributed by atoms with E-state index in [4.69, 9.17) is 16.7 Å². The van der Waals surface area contributed by atoms with E-state index in [9.17, 15) is 29.4 Å². The van der Waals surface area contributed by atoms with Gasteiger partial charge in [0.05, 0.1) is 39.3 Å². The summed E-state index contributed by atoms with van der Waals surface area (Å²) in [5.41, 5.74) is 0.643. The number of aryl methyl sites for hydroxylation is 2. The number of aromatic hydroxyl groups is 1. The highest BCUT2D eigenvalue weighted by molar-refractivity contribution is 7.22. The zero-order valence-corrected chi connectivity index (χ0v) is 31.2. The lowest BCUT2D eigenvalue weighted by Gasteiger charge is -2.49. The SMILES string of the molecule is Cc1c(-c2cc(N3C(=O)[C@@H]4C[C@@H]5C(=CC[C@@H]6C(=O)N(c7cccc(C(=O)O)c7)C(=O)[C@@H]65)[C@H](c5cccc(F)c5O)[C@]4(C)C3=O)n(C)n2)sc2ccc(Cl)cc12. The first-order valence-corrected chi connectivity index (χ1v) is 18.9. The number of hydrogen-bond acceptors (Lipinski definition) is 8. The number of aromatic carboxylic acids is 1. The summed E-state index contributed by atoms with van der Waals surface area (Å²) in [6.07, 6.45) is 1.93. The molecule has 55 heavy (non-hydrogen) atoms. The Bertz CT molecular complexity index is 2620. The summed E-state index contributed by atoms with van der Waals surface area (Å²) in [4.78, 5) is 72.9. The van der Waals surface area contributed by atoms with Crippen LogP contribution in [0.25, 0.3) is 20.7 Å². The smallest absolute Gasteiger partial charge is 0.335 e. The van der Waals surface area contributed by atoms with Gasteiger partial charge in [-0.1, -0.05) is 41.4 Å². The third kappa shape index (κ3) is 4.85. The Balaban J connectivity index is 1.15. The molecular weight excluding hydrogens is 747 g/mol. The van der Waals surface area contributed by atoms with Gasteiger partial charge < -0.3 is 10.2 Å². The quantitative estimate of drug-likeness (QED) is 0.140. The normalized spacial score (nSPS) is 26.1. The Kier molecular flexibility index (Phi) is 7.76. The number of aromatic nitrogens is 2. The number of anilines is 2. The van der Waals surface area contributed by atoms with Gasteiger partial charge in [0.15, 0.2) is 11.6 Å². The summed E-state index contributed by atoms with van der Waals surface area (Å²) in [7, 11) is 1.64. The summed E-state index contributed by atoms with van der Waals surface area (Å²) in [5.74, 6) is -9.29. The number of thiophene rings is 1. The van der Waals surface area contributed by atoms with Crippen molar-refractivity contribution < 1.29 is 38.6 Å². The molecule has 6 atom stereocenters. The number of carbonyl (C=O) groups excluding carboxylic acids is 4. The van der Waals surface area contributed by atoms with E-state index < -0.39 is 76.2 Å². The maximum Gasteiger partial charge on any atom is 0.335 e. The van der Waals surface area contributed by atoms with E-state index in [1.165, 1.54) is 52.4 Å². The lowest BCUT2D eigenvalue weighted by atomic mass is 9.51. The summed E-state index contributed by atoms with van der Waals surface area (Å²) >= 11 is 7.80. The molecule has 4 heterocycles. The van der Waals surface area contributed by atoms with Crippen LogP contribution in [0.3, 0.4) is 0 Å². The molecule has 0 radical (unpaired) electrons. The van der Waals surface area contributed by atoms with Gasteiger partial charge in [-0.05, 0) is 86.0 Å². The minimum absolute atomic E-state index is 0.0278. The Morgan fingerprint density at radius 2 is 1.75 bits per heavy atom. The first-order valence-electron chi connectivity index (χ1n) is 17.7. The van der Waals surface area contributed by atoms with Crippen molar-refractivity contribution in [1.82, 2.24) is 9.78 Å². The van der Waals surface area contributed by atoms with Gasteiger partial charge in [-0.3, -0.25) is 28.8 Å². The minimum Gasteiger partial charge on any atom is -0.505 e. The molecule has 2 N–H and O–H groups in total. The zero-order valence-electron chi connectivity index (χ0n) is 29.6. The Morgan fingerprint density at radius 3 is 2.51 bits per heavy atom. The van der Waals surface area contributed by atoms with E-state index >= 15 is 9.18 Å². The van der Waals surface area contributed by atoms with Crippen molar-refractivity contribution >= 4 is 74.1 Å². The molecule has 0 bridgehead atoms. The summed E-state index contributed by atoms with van der Waals surface area (Å²) < 4.78 is 17.6. The Labute approximate surface area is 322 Å². The molecule has 14 heteroatoms. The number of amides is 4. The average Bonchev–Trinajstić information content (AvgIpc) is 3.83. The maximum absolute atomic E-state index is 15.2. The van der Waals surface area contributed by atoms with Crippen LogP contribution >= 0.6 is 22.9 Å². The molecule has 2 saturated heterocycles. The van der Waals surface area contributed by atoms with Gasteiger partial charge in [0.25, 0.3) is 0 Å². The van der Waals surface area contributed by atoms with E-state index in [1.807, 2.05) is 25.1 Å². The highest BCUT2D eigenvalue weighted by Gasteiger charge is 2.68. The second-order valence-corrected chi connectivity index (χ2v) is 16.4. The first kappa shape index (κ1) is 35.1. The number of carbonyl (C=O) groups is 5. The highest BCUT2D eigenvalue weighted by atomic mass is 35.5. The molecule has 5 aromatic rings.